The van der Waals surface area contributed by atoms with E-state index in [1.165, 1.54) is 23.4 Å². The summed E-state index contributed by atoms with van der Waals surface area (Å²) in [7, 11) is 0. The maximum Gasteiger partial charge on any atom is 0.265 e. The zero-order valence-electron chi connectivity index (χ0n) is 15.8. The molecular weight excluding hydrogens is 338 g/mol. The number of carbonyl (C=O) groups excluding carboxylic acids is 2. The summed E-state index contributed by atoms with van der Waals surface area (Å²) in [4.78, 5) is 25.5. The third-order valence-corrected chi connectivity index (χ3v) is 4.66. The van der Waals surface area contributed by atoms with Crippen LogP contribution in [0, 0.1) is 5.92 Å². The van der Waals surface area contributed by atoms with Crippen LogP contribution in [0.4, 0.5) is 11.4 Å². The normalized spacial score (nSPS) is 16.4. The number of anilines is 2. The Balaban J connectivity index is 1.69. The Morgan fingerprint density at radius 1 is 1.11 bits per heavy atom. The molecule has 0 radical (unpaired) electrons. The van der Waals surface area contributed by atoms with Crippen LogP contribution in [0.1, 0.15) is 38.7 Å². The molecule has 0 bridgehead atoms. The summed E-state index contributed by atoms with van der Waals surface area (Å²) in [6.45, 7) is 3.89. The minimum absolute atomic E-state index is 0.324. The van der Waals surface area contributed by atoms with Crippen LogP contribution >= 0.6 is 0 Å². The first kappa shape index (κ1) is 18.8. The van der Waals surface area contributed by atoms with Gasteiger partial charge in [-0.15, -0.1) is 0 Å². The zero-order chi connectivity index (χ0) is 19.2. The molecule has 140 valence electrons. The monoisotopic (exact) mass is 363 g/mol. The van der Waals surface area contributed by atoms with Crippen molar-refractivity contribution in [3.63, 3.8) is 0 Å². The second-order valence-electron chi connectivity index (χ2n) is 6.81. The third kappa shape index (κ3) is 4.42. The Hall–Kier alpha value is -2.95. The summed E-state index contributed by atoms with van der Waals surface area (Å²) < 4.78 is 0. The van der Waals surface area contributed by atoms with Crippen molar-refractivity contribution in [3.8, 4) is 0 Å². The van der Waals surface area contributed by atoms with E-state index < -0.39 is 5.92 Å². The Morgan fingerprint density at radius 2 is 1.89 bits per heavy atom. The number of para-hydroxylation sites is 1. The molecule has 0 aromatic heterocycles. The molecule has 5 heteroatoms. The third-order valence-electron chi connectivity index (χ3n) is 4.66. The van der Waals surface area contributed by atoms with Gasteiger partial charge in [0.05, 0.1) is 11.4 Å². The molecule has 1 aliphatic rings. The van der Waals surface area contributed by atoms with E-state index >= 15 is 0 Å². The van der Waals surface area contributed by atoms with Crippen LogP contribution < -0.4 is 10.3 Å². The highest BCUT2D eigenvalue weighted by Crippen LogP contribution is 2.25. The molecule has 1 heterocycles. The second kappa shape index (κ2) is 8.62. The van der Waals surface area contributed by atoms with Crippen LogP contribution in [-0.2, 0) is 16.0 Å². The van der Waals surface area contributed by atoms with Gasteiger partial charge in [0.15, 0.2) is 5.92 Å². The van der Waals surface area contributed by atoms with E-state index in [0.717, 1.165) is 12.8 Å². The van der Waals surface area contributed by atoms with E-state index in [9.17, 15) is 9.59 Å². The van der Waals surface area contributed by atoms with Crippen molar-refractivity contribution in [2.24, 2.45) is 11.0 Å². The van der Waals surface area contributed by atoms with Gasteiger partial charge in [0.25, 0.3) is 5.91 Å². The summed E-state index contributed by atoms with van der Waals surface area (Å²) in [5.41, 5.74) is 3.07. The minimum atomic E-state index is -0.894. The number of rotatable bonds is 7. The molecule has 3 rings (SSSR count). The average Bonchev–Trinajstić information content (AvgIpc) is 2.97. The van der Waals surface area contributed by atoms with Crippen LogP contribution in [0.3, 0.4) is 0 Å². The van der Waals surface area contributed by atoms with Crippen molar-refractivity contribution >= 4 is 28.9 Å². The second-order valence-corrected chi connectivity index (χ2v) is 6.81. The van der Waals surface area contributed by atoms with E-state index in [-0.39, 0.29) is 11.8 Å². The molecule has 1 aliphatic heterocycles. The molecule has 0 spiro atoms. The number of nitrogens with zero attached hydrogens (tertiary/aromatic N) is 2. The van der Waals surface area contributed by atoms with Gasteiger partial charge in [-0.3, -0.25) is 9.59 Å². The number of aryl methyl sites for hydroxylation is 1. The van der Waals surface area contributed by atoms with Crippen LogP contribution in [0.5, 0.6) is 0 Å². The van der Waals surface area contributed by atoms with Gasteiger partial charge in [-0.05, 0) is 49.6 Å². The smallest absolute Gasteiger partial charge is 0.265 e. The maximum absolute atomic E-state index is 12.7. The van der Waals surface area contributed by atoms with Crippen LogP contribution in [0.2, 0.25) is 0 Å². The molecule has 0 aliphatic carbocycles. The van der Waals surface area contributed by atoms with Crippen LogP contribution in [0.25, 0.3) is 0 Å². The molecule has 1 N–H and O–H groups in total. The van der Waals surface area contributed by atoms with Crippen molar-refractivity contribution in [2.75, 3.05) is 10.3 Å². The molecule has 5 nitrogen and oxygen atoms in total. The first-order chi connectivity index (χ1) is 13.1. The number of amides is 2. The molecule has 0 saturated carbocycles. The molecule has 0 saturated heterocycles. The predicted molar refractivity (Wildman–Crippen MR) is 109 cm³/mol. The number of carbonyl (C=O) groups is 2. The number of nitrogens with one attached hydrogen (secondary N) is 1. The highest BCUT2D eigenvalue weighted by atomic mass is 16.2. The summed E-state index contributed by atoms with van der Waals surface area (Å²) in [5, 5.41) is 8.48. The lowest BCUT2D eigenvalue weighted by atomic mass is 10.0. The number of hydrogen-bond acceptors (Lipinski definition) is 3. The van der Waals surface area contributed by atoms with Gasteiger partial charge in [0.1, 0.15) is 0 Å². The first-order valence-corrected chi connectivity index (χ1v) is 9.44. The van der Waals surface area contributed by atoms with Gasteiger partial charge in [0.2, 0.25) is 5.91 Å². The number of benzene rings is 2. The minimum Gasteiger partial charge on any atom is -0.325 e. The fraction of sp³-hybridized carbons (Fsp3) is 0.318. The molecular formula is C22H25N3O2. The van der Waals surface area contributed by atoms with E-state index in [4.69, 9.17) is 0 Å². The first-order valence-electron chi connectivity index (χ1n) is 9.44. The molecule has 2 aromatic carbocycles. The predicted octanol–water partition coefficient (Wildman–Crippen LogP) is 4.40. The van der Waals surface area contributed by atoms with Gasteiger partial charge >= 0.3 is 0 Å². The van der Waals surface area contributed by atoms with E-state index in [2.05, 4.69) is 23.4 Å². The van der Waals surface area contributed by atoms with E-state index in [0.29, 0.717) is 17.1 Å². The SMILES string of the molecule is CCCCCc1cccc(NC(=O)C2C(=O)N(c3ccccc3)N=C2C)c1. The maximum atomic E-state index is 12.7. The van der Waals surface area contributed by atoms with Crippen molar-refractivity contribution in [1.82, 2.24) is 0 Å². The number of hydrazone groups is 1. The van der Waals surface area contributed by atoms with Gasteiger partial charge in [-0.2, -0.15) is 10.1 Å². The number of hydrogen-bond donors (Lipinski definition) is 1. The lowest BCUT2D eigenvalue weighted by Crippen LogP contribution is -2.36. The Bertz CT molecular complexity index is 846. The Labute approximate surface area is 160 Å². The van der Waals surface area contributed by atoms with Crippen molar-refractivity contribution in [2.45, 2.75) is 39.5 Å². The average molecular weight is 363 g/mol. The van der Waals surface area contributed by atoms with E-state index in [1.54, 1.807) is 19.1 Å². The van der Waals surface area contributed by atoms with Gasteiger partial charge < -0.3 is 5.32 Å². The fourth-order valence-corrected chi connectivity index (χ4v) is 3.22. The quantitative estimate of drug-likeness (QED) is 0.585. The molecule has 2 aromatic rings. The largest absolute Gasteiger partial charge is 0.325 e. The summed E-state index contributed by atoms with van der Waals surface area (Å²) >= 11 is 0. The van der Waals surface area contributed by atoms with Crippen molar-refractivity contribution in [3.05, 3.63) is 60.2 Å². The van der Waals surface area contributed by atoms with E-state index in [1.807, 2.05) is 36.4 Å². The molecule has 27 heavy (non-hydrogen) atoms. The highest BCUT2D eigenvalue weighted by Gasteiger charge is 2.39. The zero-order valence-corrected chi connectivity index (χ0v) is 15.8. The lowest BCUT2D eigenvalue weighted by Gasteiger charge is -2.14. The van der Waals surface area contributed by atoms with Gasteiger partial charge in [-0.25, -0.2) is 0 Å². The van der Waals surface area contributed by atoms with Crippen molar-refractivity contribution in [1.29, 1.82) is 0 Å². The fourth-order valence-electron chi connectivity index (χ4n) is 3.22. The van der Waals surface area contributed by atoms with Crippen LogP contribution in [0.15, 0.2) is 59.7 Å². The van der Waals surface area contributed by atoms with Gasteiger partial charge in [0, 0.05) is 5.69 Å². The standard InChI is InChI=1S/C22H25N3O2/c1-3-4-6-10-17-11-9-12-18(15-17)23-21(26)20-16(2)24-25(22(20)27)19-13-7-5-8-14-19/h5,7-9,11-15,20H,3-4,6,10H2,1-2H3,(H,23,26). The van der Waals surface area contributed by atoms with Crippen molar-refractivity contribution < 1.29 is 9.59 Å². The molecule has 0 fully saturated rings. The Morgan fingerprint density at radius 3 is 2.63 bits per heavy atom. The highest BCUT2D eigenvalue weighted by molar-refractivity contribution is 6.28. The molecule has 1 unspecified atom stereocenters. The molecule has 2 amide bonds. The summed E-state index contributed by atoms with van der Waals surface area (Å²) in [5.74, 6) is -1.56. The lowest BCUT2D eigenvalue weighted by molar-refractivity contribution is -0.127. The summed E-state index contributed by atoms with van der Waals surface area (Å²) in [6.07, 6.45) is 4.49. The Kier molecular flexibility index (Phi) is 6.01. The van der Waals surface area contributed by atoms with Gasteiger partial charge in [-0.1, -0.05) is 50.1 Å². The molecule has 1 atom stereocenters. The number of unbranched alkanes of at least 4 members (excludes halogenated alkanes) is 2. The topological polar surface area (TPSA) is 61.8 Å². The van der Waals surface area contributed by atoms with Crippen LogP contribution in [-0.4, -0.2) is 17.5 Å². The summed E-state index contributed by atoms with van der Waals surface area (Å²) in [6, 6.07) is 17.0.